The number of aromatic hydroxyl groups is 1. The first-order chi connectivity index (χ1) is 15.9. The van der Waals surface area contributed by atoms with Crippen LogP contribution in [0.5, 0.6) is 5.75 Å². The zero-order valence-electron chi connectivity index (χ0n) is 17.7. The van der Waals surface area contributed by atoms with E-state index in [9.17, 15) is 19.6 Å². The summed E-state index contributed by atoms with van der Waals surface area (Å²) in [6.07, 6.45) is 0. The Kier molecular flexibility index (Phi) is 6.10. The second-order valence-corrected chi connectivity index (χ2v) is 8.03. The summed E-state index contributed by atoms with van der Waals surface area (Å²) in [6.45, 7) is 3.58. The van der Waals surface area contributed by atoms with Crippen molar-refractivity contribution in [3.05, 3.63) is 71.2 Å². The van der Waals surface area contributed by atoms with Gasteiger partial charge in [-0.3, -0.25) is 9.36 Å². The minimum atomic E-state index is -0.425. The number of tetrazole rings is 1. The molecule has 0 unspecified atom stereocenters. The standard InChI is InChI=1S/C22H18FN7O2S/c1-13-14(2)29(17-5-3-4-15(23)10-17)21(19(13)11-24)25-20(32)12-33-22-26-27-28-30(22)16-6-8-18(31)9-7-16/h3-10,31H,12H2,1-2H3,(H,25,32). The molecule has 4 aromatic rings. The molecule has 0 aliphatic heterocycles. The summed E-state index contributed by atoms with van der Waals surface area (Å²) >= 11 is 1.11. The lowest BCUT2D eigenvalue weighted by Crippen LogP contribution is -2.18. The number of rotatable bonds is 6. The quantitative estimate of drug-likeness (QED) is 0.420. The van der Waals surface area contributed by atoms with Crippen LogP contribution in [0.2, 0.25) is 0 Å². The average Bonchev–Trinajstić information content (AvgIpc) is 3.35. The highest BCUT2D eigenvalue weighted by Crippen LogP contribution is 2.30. The summed E-state index contributed by atoms with van der Waals surface area (Å²) in [5, 5.41) is 33.8. The van der Waals surface area contributed by atoms with Gasteiger partial charge in [0.05, 0.1) is 22.7 Å². The van der Waals surface area contributed by atoms with Crippen LogP contribution < -0.4 is 5.32 Å². The smallest absolute Gasteiger partial charge is 0.236 e. The van der Waals surface area contributed by atoms with E-state index in [0.717, 1.165) is 17.5 Å². The van der Waals surface area contributed by atoms with Crippen molar-refractivity contribution in [3.8, 4) is 23.2 Å². The van der Waals surface area contributed by atoms with Gasteiger partial charge < -0.3 is 10.4 Å². The molecular formula is C22H18FN7O2S. The van der Waals surface area contributed by atoms with Crippen LogP contribution >= 0.6 is 11.8 Å². The predicted octanol–water partition coefficient (Wildman–Crippen LogP) is 3.52. The second-order valence-electron chi connectivity index (χ2n) is 7.09. The van der Waals surface area contributed by atoms with Crippen molar-refractivity contribution in [1.82, 2.24) is 24.8 Å². The number of hydrogen-bond acceptors (Lipinski definition) is 7. The van der Waals surface area contributed by atoms with Crippen LogP contribution in [0.1, 0.15) is 16.8 Å². The van der Waals surface area contributed by atoms with E-state index in [0.29, 0.717) is 27.7 Å². The van der Waals surface area contributed by atoms with Crippen molar-refractivity contribution in [2.75, 3.05) is 11.1 Å². The molecule has 1 amide bonds. The molecular weight excluding hydrogens is 445 g/mol. The van der Waals surface area contributed by atoms with Crippen molar-refractivity contribution >= 4 is 23.5 Å². The van der Waals surface area contributed by atoms with E-state index in [1.165, 1.54) is 28.9 Å². The molecule has 9 nitrogen and oxygen atoms in total. The molecule has 0 aliphatic rings. The number of anilines is 1. The van der Waals surface area contributed by atoms with E-state index < -0.39 is 5.82 Å². The molecule has 11 heteroatoms. The highest BCUT2D eigenvalue weighted by Gasteiger charge is 2.21. The van der Waals surface area contributed by atoms with Crippen LogP contribution in [0.15, 0.2) is 53.7 Å². The van der Waals surface area contributed by atoms with E-state index in [1.54, 1.807) is 42.7 Å². The van der Waals surface area contributed by atoms with Crippen molar-refractivity contribution in [2.45, 2.75) is 19.0 Å². The Labute approximate surface area is 192 Å². The van der Waals surface area contributed by atoms with Crippen LogP contribution in [0.4, 0.5) is 10.2 Å². The number of nitrogens with one attached hydrogen (secondary N) is 1. The normalized spacial score (nSPS) is 10.7. The number of halogens is 1. The minimum Gasteiger partial charge on any atom is -0.508 e. The Bertz CT molecular complexity index is 1370. The van der Waals surface area contributed by atoms with Gasteiger partial charge in [0.2, 0.25) is 11.1 Å². The van der Waals surface area contributed by atoms with Crippen LogP contribution in [0.25, 0.3) is 11.4 Å². The molecule has 0 radical (unpaired) electrons. The fourth-order valence-electron chi connectivity index (χ4n) is 3.32. The lowest BCUT2D eigenvalue weighted by Gasteiger charge is -2.13. The van der Waals surface area contributed by atoms with Gasteiger partial charge in [-0.25, -0.2) is 4.39 Å². The largest absolute Gasteiger partial charge is 0.508 e. The Morgan fingerprint density at radius 2 is 1.97 bits per heavy atom. The number of nitrogens with zero attached hydrogens (tertiary/aromatic N) is 6. The van der Waals surface area contributed by atoms with Gasteiger partial charge in [0, 0.05) is 5.69 Å². The number of phenolic OH excluding ortho intramolecular Hbond substituents is 1. The molecule has 2 aromatic heterocycles. The Morgan fingerprint density at radius 3 is 2.67 bits per heavy atom. The van der Waals surface area contributed by atoms with E-state index in [4.69, 9.17) is 0 Å². The summed E-state index contributed by atoms with van der Waals surface area (Å²) in [6, 6.07) is 14.4. The van der Waals surface area contributed by atoms with Crippen LogP contribution in [0, 0.1) is 31.0 Å². The Hall–Kier alpha value is -4.17. The van der Waals surface area contributed by atoms with E-state index in [1.807, 2.05) is 0 Å². The molecule has 2 N–H and O–H groups in total. The van der Waals surface area contributed by atoms with Gasteiger partial charge in [-0.05, 0) is 72.3 Å². The average molecular weight is 463 g/mol. The number of amides is 1. The van der Waals surface area contributed by atoms with Gasteiger partial charge in [0.15, 0.2) is 0 Å². The molecule has 166 valence electrons. The number of carbonyl (C=O) groups excluding carboxylic acids is 1. The van der Waals surface area contributed by atoms with Gasteiger partial charge in [0.25, 0.3) is 0 Å². The molecule has 33 heavy (non-hydrogen) atoms. The maximum absolute atomic E-state index is 13.8. The highest BCUT2D eigenvalue weighted by atomic mass is 32.2. The van der Waals surface area contributed by atoms with Crippen LogP contribution in [-0.4, -0.2) is 41.5 Å². The summed E-state index contributed by atoms with van der Waals surface area (Å²) < 4.78 is 16.9. The molecule has 0 saturated heterocycles. The SMILES string of the molecule is Cc1c(C#N)c(NC(=O)CSc2nnnn2-c2ccc(O)cc2)n(-c2cccc(F)c2)c1C. The third-order valence-corrected chi connectivity index (χ3v) is 5.94. The molecule has 0 saturated carbocycles. The van der Waals surface area contributed by atoms with Crippen molar-refractivity contribution in [2.24, 2.45) is 0 Å². The fraction of sp³-hybridized carbons (Fsp3) is 0.136. The predicted molar refractivity (Wildman–Crippen MR) is 120 cm³/mol. The number of carbonyl (C=O) groups is 1. The van der Waals surface area contributed by atoms with Gasteiger partial charge in [-0.2, -0.15) is 9.94 Å². The number of nitriles is 1. The fourth-order valence-corrected chi connectivity index (χ4v) is 4.01. The third kappa shape index (κ3) is 4.42. The van der Waals surface area contributed by atoms with Crippen molar-refractivity contribution in [3.63, 3.8) is 0 Å². The molecule has 0 atom stereocenters. The zero-order valence-corrected chi connectivity index (χ0v) is 18.5. The maximum atomic E-state index is 13.8. The van der Waals surface area contributed by atoms with Crippen molar-refractivity contribution < 1.29 is 14.3 Å². The molecule has 2 aromatic carbocycles. The van der Waals surface area contributed by atoms with Crippen LogP contribution in [-0.2, 0) is 4.79 Å². The number of thioether (sulfide) groups is 1. The number of hydrogen-bond donors (Lipinski definition) is 2. The monoisotopic (exact) mass is 463 g/mol. The summed E-state index contributed by atoms with van der Waals surface area (Å²) in [7, 11) is 0. The molecule has 0 spiro atoms. The number of benzene rings is 2. The maximum Gasteiger partial charge on any atom is 0.236 e. The first-order valence-corrected chi connectivity index (χ1v) is 10.8. The van der Waals surface area contributed by atoms with Crippen molar-refractivity contribution in [1.29, 1.82) is 5.26 Å². The Morgan fingerprint density at radius 1 is 1.21 bits per heavy atom. The van der Waals surface area contributed by atoms with Gasteiger partial charge in [0.1, 0.15) is 23.5 Å². The number of aromatic nitrogens is 5. The molecule has 4 rings (SSSR count). The summed E-state index contributed by atoms with van der Waals surface area (Å²) in [5.41, 5.74) is 2.84. The lowest BCUT2D eigenvalue weighted by atomic mass is 10.2. The molecule has 0 bridgehead atoms. The summed E-state index contributed by atoms with van der Waals surface area (Å²) in [4.78, 5) is 12.8. The number of phenols is 1. The van der Waals surface area contributed by atoms with Gasteiger partial charge >= 0.3 is 0 Å². The van der Waals surface area contributed by atoms with Crippen LogP contribution in [0.3, 0.4) is 0 Å². The summed E-state index contributed by atoms with van der Waals surface area (Å²) in [5.74, 6) is -0.449. The topological polar surface area (TPSA) is 122 Å². The molecule has 2 heterocycles. The van der Waals surface area contributed by atoms with Gasteiger partial charge in [-0.15, -0.1) is 5.10 Å². The molecule has 0 fully saturated rings. The first kappa shape index (κ1) is 22.0. The minimum absolute atomic E-state index is 0.0320. The zero-order chi connectivity index (χ0) is 23.5. The van der Waals surface area contributed by atoms with E-state index in [2.05, 4.69) is 26.9 Å². The lowest BCUT2D eigenvalue weighted by molar-refractivity contribution is -0.113. The first-order valence-electron chi connectivity index (χ1n) is 9.77. The Balaban J connectivity index is 1.57. The highest BCUT2D eigenvalue weighted by molar-refractivity contribution is 7.99. The second kappa shape index (κ2) is 9.13. The van der Waals surface area contributed by atoms with E-state index in [-0.39, 0.29) is 23.2 Å². The third-order valence-electron chi connectivity index (χ3n) is 5.02. The van der Waals surface area contributed by atoms with E-state index >= 15 is 0 Å². The molecule has 0 aliphatic carbocycles. The van der Waals surface area contributed by atoms with Gasteiger partial charge in [-0.1, -0.05) is 17.8 Å².